The van der Waals surface area contributed by atoms with Crippen LogP contribution in [0.5, 0.6) is 5.75 Å². The minimum absolute atomic E-state index is 0.0426. The molecule has 0 radical (unpaired) electrons. The second kappa shape index (κ2) is 10.9. The number of rotatable bonds is 10. The van der Waals surface area contributed by atoms with Crippen molar-refractivity contribution in [2.24, 2.45) is 0 Å². The molecule has 0 bridgehead atoms. The minimum Gasteiger partial charge on any atom is -0.507 e. The number of esters is 1. The topological polar surface area (TPSA) is 148 Å². The van der Waals surface area contributed by atoms with Gasteiger partial charge in [-0.05, 0) is 28.5 Å². The number of phenols is 1. The van der Waals surface area contributed by atoms with E-state index in [4.69, 9.17) is 9.84 Å². The van der Waals surface area contributed by atoms with Gasteiger partial charge < -0.3 is 35.4 Å². The van der Waals surface area contributed by atoms with Crippen molar-refractivity contribution in [2.75, 3.05) is 13.2 Å². The van der Waals surface area contributed by atoms with E-state index in [0.717, 1.165) is 16.7 Å². The predicted octanol–water partition coefficient (Wildman–Crippen LogP) is 0.164. The highest BCUT2D eigenvalue weighted by Gasteiger charge is 2.31. The molecule has 4 atom stereocenters. The zero-order valence-corrected chi connectivity index (χ0v) is 17.5. The number of carbonyl (C=O) groups excluding carboxylic acids is 1. The third kappa shape index (κ3) is 7.24. The van der Waals surface area contributed by atoms with Crippen molar-refractivity contribution in [3.05, 3.63) is 28.8 Å². The van der Waals surface area contributed by atoms with Crippen LogP contribution in [0, 0.1) is 0 Å². The molecular formula is C21H34O8. The molecule has 0 spiro atoms. The number of ether oxygens (including phenoxy) is 1. The van der Waals surface area contributed by atoms with Crippen LogP contribution >= 0.6 is 0 Å². The third-order valence-corrected chi connectivity index (χ3v) is 4.79. The lowest BCUT2D eigenvalue weighted by Gasteiger charge is -2.25. The summed E-state index contributed by atoms with van der Waals surface area (Å²) in [6, 6.07) is 3.75. The van der Waals surface area contributed by atoms with E-state index in [1.165, 1.54) is 0 Å². The standard InChI is InChI=1S/C21H34O8/c1-5-13-8-12(9-14(18(13)26)21(2,3)4)6-7-29-17(25)10-15(23)19(27)20(28)16(24)11-22/h8-9,15-16,19-20,22-24,26-28H,5-7,10-11H2,1-4H3. The number of aryl methyl sites for hydroxylation is 1. The number of aliphatic hydroxyl groups is 5. The summed E-state index contributed by atoms with van der Waals surface area (Å²) in [4.78, 5) is 11.9. The molecule has 4 unspecified atom stereocenters. The van der Waals surface area contributed by atoms with Crippen LogP contribution in [0.25, 0.3) is 0 Å². The monoisotopic (exact) mass is 414 g/mol. The molecule has 0 saturated heterocycles. The summed E-state index contributed by atoms with van der Waals surface area (Å²) >= 11 is 0. The first-order valence-corrected chi connectivity index (χ1v) is 9.76. The smallest absolute Gasteiger partial charge is 0.308 e. The van der Waals surface area contributed by atoms with E-state index in [-0.39, 0.29) is 17.8 Å². The van der Waals surface area contributed by atoms with Crippen LogP contribution in [0.15, 0.2) is 12.1 Å². The molecule has 0 heterocycles. The Balaban J connectivity index is 2.66. The van der Waals surface area contributed by atoms with Crippen molar-refractivity contribution in [3.8, 4) is 5.75 Å². The summed E-state index contributed by atoms with van der Waals surface area (Å²) in [5.41, 5.74) is 2.28. The molecule has 0 amide bonds. The molecule has 0 aliphatic rings. The van der Waals surface area contributed by atoms with E-state index in [9.17, 15) is 30.3 Å². The molecular weight excluding hydrogens is 380 g/mol. The van der Waals surface area contributed by atoms with Crippen molar-refractivity contribution in [1.29, 1.82) is 0 Å². The highest BCUT2D eigenvalue weighted by molar-refractivity contribution is 5.70. The number of carbonyl (C=O) groups is 1. The number of benzene rings is 1. The summed E-state index contributed by atoms with van der Waals surface area (Å²) in [5, 5.41) is 57.6. The summed E-state index contributed by atoms with van der Waals surface area (Å²) in [7, 11) is 0. The molecule has 0 aromatic heterocycles. The van der Waals surface area contributed by atoms with Crippen LogP contribution in [-0.2, 0) is 27.8 Å². The van der Waals surface area contributed by atoms with Crippen LogP contribution in [-0.4, -0.2) is 74.2 Å². The lowest BCUT2D eigenvalue weighted by molar-refractivity contribution is -0.152. The molecule has 8 heteroatoms. The first-order chi connectivity index (χ1) is 13.4. The molecule has 166 valence electrons. The van der Waals surface area contributed by atoms with E-state index in [1.54, 1.807) is 0 Å². The van der Waals surface area contributed by atoms with Gasteiger partial charge in [0, 0.05) is 6.42 Å². The quantitative estimate of drug-likeness (QED) is 0.297. The average molecular weight is 414 g/mol. The Morgan fingerprint density at radius 2 is 1.66 bits per heavy atom. The van der Waals surface area contributed by atoms with Gasteiger partial charge in [0.1, 0.15) is 24.1 Å². The van der Waals surface area contributed by atoms with Gasteiger partial charge in [-0.3, -0.25) is 4.79 Å². The van der Waals surface area contributed by atoms with E-state index in [0.29, 0.717) is 12.8 Å². The molecule has 0 fully saturated rings. The van der Waals surface area contributed by atoms with E-state index in [1.807, 2.05) is 39.8 Å². The number of aromatic hydroxyl groups is 1. The Kier molecular flexibility index (Phi) is 9.51. The Bertz CT molecular complexity index is 667. The Morgan fingerprint density at radius 1 is 1.07 bits per heavy atom. The number of aliphatic hydroxyl groups excluding tert-OH is 5. The zero-order chi connectivity index (χ0) is 22.4. The zero-order valence-electron chi connectivity index (χ0n) is 17.5. The van der Waals surface area contributed by atoms with Gasteiger partial charge in [0.25, 0.3) is 0 Å². The Morgan fingerprint density at radius 3 is 2.17 bits per heavy atom. The van der Waals surface area contributed by atoms with Gasteiger partial charge in [-0.15, -0.1) is 0 Å². The van der Waals surface area contributed by atoms with Gasteiger partial charge in [0.15, 0.2) is 0 Å². The molecule has 0 aliphatic heterocycles. The summed E-state index contributed by atoms with van der Waals surface area (Å²) in [5.74, 6) is -0.491. The first-order valence-electron chi connectivity index (χ1n) is 9.76. The van der Waals surface area contributed by atoms with Gasteiger partial charge in [-0.2, -0.15) is 0 Å². The van der Waals surface area contributed by atoms with Gasteiger partial charge >= 0.3 is 5.97 Å². The largest absolute Gasteiger partial charge is 0.507 e. The minimum atomic E-state index is -1.80. The van der Waals surface area contributed by atoms with E-state index >= 15 is 0 Å². The summed E-state index contributed by atoms with van der Waals surface area (Å²) in [6.45, 7) is 7.19. The van der Waals surface area contributed by atoms with Gasteiger partial charge in [-0.1, -0.05) is 39.8 Å². The fourth-order valence-corrected chi connectivity index (χ4v) is 2.94. The molecule has 6 N–H and O–H groups in total. The second-order valence-electron chi connectivity index (χ2n) is 8.23. The maximum absolute atomic E-state index is 11.9. The lowest BCUT2D eigenvalue weighted by atomic mass is 9.83. The predicted molar refractivity (Wildman–Crippen MR) is 107 cm³/mol. The van der Waals surface area contributed by atoms with Crippen LogP contribution in [0.2, 0.25) is 0 Å². The van der Waals surface area contributed by atoms with Crippen LogP contribution in [0.4, 0.5) is 0 Å². The Hall–Kier alpha value is -1.71. The summed E-state index contributed by atoms with van der Waals surface area (Å²) < 4.78 is 5.10. The van der Waals surface area contributed by atoms with E-state index in [2.05, 4.69) is 0 Å². The molecule has 29 heavy (non-hydrogen) atoms. The molecule has 1 aromatic rings. The van der Waals surface area contributed by atoms with Crippen molar-refractivity contribution in [1.82, 2.24) is 0 Å². The Labute approximate surface area is 171 Å². The number of phenolic OH excluding ortho intramolecular Hbond substituents is 1. The SMILES string of the molecule is CCc1cc(CCOC(=O)CC(O)C(O)C(O)C(O)CO)cc(C(C)(C)C)c1O. The molecule has 8 nitrogen and oxygen atoms in total. The fourth-order valence-electron chi connectivity index (χ4n) is 2.94. The normalized spacial score (nSPS) is 16.2. The number of hydrogen-bond donors (Lipinski definition) is 6. The maximum atomic E-state index is 11.9. The molecule has 1 rings (SSSR count). The average Bonchev–Trinajstić information content (AvgIpc) is 2.65. The molecule has 1 aromatic carbocycles. The van der Waals surface area contributed by atoms with Gasteiger partial charge in [-0.25, -0.2) is 0 Å². The highest BCUT2D eigenvalue weighted by Crippen LogP contribution is 2.34. The van der Waals surface area contributed by atoms with Crippen LogP contribution in [0.1, 0.15) is 50.8 Å². The maximum Gasteiger partial charge on any atom is 0.308 e. The third-order valence-electron chi connectivity index (χ3n) is 4.79. The van der Waals surface area contributed by atoms with Crippen molar-refractivity contribution < 1.29 is 40.2 Å². The molecule has 0 saturated carbocycles. The van der Waals surface area contributed by atoms with Crippen LogP contribution < -0.4 is 0 Å². The first kappa shape index (κ1) is 25.3. The molecule has 0 aliphatic carbocycles. The van der Waals surface area contributed by atoms with Crippen LogP contribution in [0.3, 0.4) is 0 Å². The number of hydrogen-bond acceptors (Lipinski definition) is 8. The summed E-state index contributed by atoms with van der Waals surface area (Å²) in [6.07, 6.45) is -6.37. The van der Waals surface area contributed by atoms with Crippen molar-refractivity contribution in [2.45, 2.75) is 76.8 Å². The van der Waals surface area contributed by atoms with Crippen molar-refractivity contribution >= 4 is 5.97 Å². The lowest BCUT2D eigenvalue weighted by Crippen LogP contribution is -2.46. The van der Waals surface area contributed by atoms with Crippen molar-refractivity contribution in [3.63, 3.8) is 0 Å². The van der Waals surface area contributed by atoms with E-state index < -0.39 is 43.4 Å². The fraction of sp³-hybridized carbons (Fsp3) is 0.667. The highest BCUT2D eigenvalue weighted by atomic mass is 16.5. The van der Waals surface area contributed by atoms with Gasteiger partial charge in [0.2, 0.25) is 0 Å². The van der Waals surface area contributed by atoms with Gasteiger partial charge in [0.05, 0.1) is 25.7 Å². The second-order valence-corrected chi connectivity index (χ2v) is 8.23.